The normalized spacial score (nSPS) is 11.1. The molecule has 2 aromatic carbocycles. The molecular formula is C25H20N2O5. The van der Waals surface area contributed by atoms with Crippen LogP contribution < -0.4 is 10.4 Å². The Kier molecular flexibility index (Phi) is 5.72. The number of ketones is 1. The summed E-state index contributed by atoms with van der Waals surface area (Å²) in [7, 11) is 0. The predicted octanol–water partition coefficient (Wildman–Crippen LogP) is 4.84. The summed E-state index contributed by atoms with van der Waals surface area (Å²) in [5, 5.41) is 14.6. The number of hydrogen-bond acceptors (Lipinski definition) is 6. The molecule has 2 heterocycles. The summed E-state index contributed by atoms with van der Waals surface area (Å²) in [6, 6.07) is 19.9. The van der Waals surface area contributed by atoms with Crippen molar-refractivity contribution in [2.45, 2.75) is 13.8 Å². The number of hydrogen-bond donors (Lipinski definition) is 1. The van der Waals surface area contributed by atoms with Gasteiger partial charge in [-0.1, -0.05) is 36.4 Å². The first-order chi connectivity index (χ1) is 15.4. The molecular weight excluding hydrogens is 408 g/mol. The number of para-hydroxylation sites is 2. The summed E-state index contributed by atoms with van der Waals surface area (Å²) in [5.74, 6) is 0.109. The van der Waals surface area contributed by atoms with Gasteiger partial charge in [-0.3, -0.25) is 4.79 Å². The number of allylic oxidation sites excluding steroid dienone is 1. The van der Waals surface area contributed by atoms with Crippen LogP contribution in [0.3, 0.4) is 0 Å². The van der Waals surface area contributed by atoms with Crippen molar-refractivity contribution >= 4 is 11.9 Å². The van der Waals surface area contributed by atoms with Crippen molar-refractivity contribution in [3.8, 4) is 23.1 Å². The van der Waals surface area contributed by atoms with Crippen LogP contribution in [0, 0.1) is 13.8 Å². The van der Waals surface area contributed by atoms with E-state index in [1.54, 1.807) is 11.6 Å². The van der Waals surface area contributed by atoms with Gasteiger partial charge in [0.15, 0.2) is 5.78 Å². The molecule has 0 atom stereocenters. The molecule has 0 aliphatic heterocycles. The van der Waals surface area contributed by atoms with Gasteiger partial charge < -0.3 is 14.3 Å². The van der Waals surface area contributed by atoms with Crippen molar-refractivity contribution < 1.29 is 19.1 Å². The highest BCUT2D eigenvalue weighted by atomic mass is 16.5. The molecule has 160 valence electrons. The fraction of sp³-hybridized carbons (Fsp3) is 0.0800. The molecule has 2 aromatic heterocycles. The van der Waals surface area contributed by atoms with Crippen molar-refractivity contribution in [2.75, 3.05) is 0 Å². The summed E-state index contributed by atoms with van der Waals surface area (Å²) >= 11 is 0. The number of aryl methyl sites for hydroxylation is 2. The first-order valence-corrected chi connectivity index (χ1v) is 9.88. The minimum absolute atomic E-state index is 0.214. The number of carbonyl (C=O) groups excluding carboxylic acids is 1. The topological polar surface area (TPSA) is 94.6 Å². The van der Waals surface area contributed by atoms with Crippen molar-refractivity contribution in [3.63, 3.8) is 0 Å². The molecule has 0 aliphatic carbocycles. The van der Waals surface area contributed by atoms with Crippen molar-refractivity contribution in [1.82, 2.24) is 9.78 Å². The third kappa shape index (κ3) is 4.22. The van der Waals surface area contributed by atoms with E-state index >= 15 is 0 Å². The highest BCUT2D eigenvalue weighted by molar-refractivity contribution is 6.08. The van der Waals surface area contributed by atoms with Gasteiger partial charge in [-0.05, 0) is 50.3 Å². The summed E-state index contributed by atoms with van der Waals surface area (Å²) in [6.45, 7) is 3.30. The van der Waals surface area contributed by atoms with E-state index in [-0.39, 0.29) is 5.76 Å². The fourth-order valence-electron chi connectivity index (χ4n) is 3.22. The van der Waals surface area contributed by atoms with Gasteiger partial charge in [0.1, 0.15) is 22.8 Å². The van der Waals surface area contributed by atoms with E-state index in [2.05, 4.69) is 5.10 Å². The van der Waals surface area contributed by atoms with E-state index in [4.69, 9.17) is 9.15 Å². The lowest BCUT2D eigenvalue weighted by Crippen LogP contribution is -2.13. The first kappa shape index (κ1) is 20.9. The second-order valence-electron chi connectivity index (χ2n) is 7.07. The average molecular weight is 428 g/mol. The Hall–Kier alpha value is -4.39. The predicted molar refractivity (Wildman–Crippen MR) is 120 cm³/mol. The second-order valence-corrected chi connectivity index (χ2v) is 7.07. The number of aromatic hydroxyl groups is 1. The highest BCUT2D eigenvalue weighted by Gasteiger charge is 2.19. The standard InChI is InChI=1S/C25H20N2O5/c1-16-15-22(29)23(25(30)31-16)21(28)14-13-20-17(2)26-27(18-9-5-3-6-10-18)24(20)32-19-11-7-4-8-12-19/h3-15,29H,1-2H3/b14-13+. The van der Waals surface area contributed by atoms with Crippen molar-refractivity contribution in [3.05, 3.63) is 106 Å². The van der Waals surface area contributed by atoms with Crippen LogP contribution in [0.25, 0.3) is 11.8 Å². The number of aromatic nitrogens is 2. The summed E-state index contributed by atoms with van der Waals surface area (Å²) < 4.78 is 12.7. The largest absolute Gasteiger partial charge is 0.507 e. The molecule has 0 fully saturated rings. The molecule has 1 N–H and O–H groups in total. The summed E-state index contributed by atoms with van der Waals surface area (Å²) in [6.07, 6.45) is 2.71. The maximum Gasteiger partial charge on any atom is 0.351 e. The van der Waals surface area contributed by atoms with Crippen LogP contribution in [0.5, 0.6) is 17.4 Å². The molecule has 0 bridgehead atoms. The molecule has 4 rings (SSSR count). The monoisotopic (exact) mass is 428 g/mol. The van der Waals surface area contributed by atoms with E-state index in [0.29, 0.717) is 22.9 Å². The molecule has 0 radical (unpaired) electrons. The van der Waals surface area contributed by atoms with Gasteiger partial charge in [-0.25, -0.2) is 4.79 Å². The van der Waals surface area contributed by atoms with Crippen LogP contribution in [0.4, 0.5) is 0 Å². The number of rotatable bonds is 6. The van der Waals surface area contributed by atoms with E-state index in [9.17, 15) is 14.7 Å². The number of ether oxygens (including phenoxy) is 1. The van der Waals surface area contributed by atoms with Crippen LogP contribution in [-0.2, 0) is 0 Å². The van der Waals surface area contributed by atoms with Crippen molar-refractivity contribution in [2.24, 2.45) is 0 Å². The van der Waals surface area contributed by atoms with E-state index in [1.165, 1.54) is 25.1 Å². The average Bonchev–Trinajstić information content (AvgIpc) is 3.08. The number of benzene rings is 2. The molecule has 0 amide bonds. The Morgan fingerprint density at radius 3 is 2.38 bits per heavy atom. The maximum atomic E-state index is 12.7. The van der Waals surface area contributed by atoms with Crippen LogP contribution in [-0.4, -0.2) is 20.7 Å². The minimum Gasteiger partial charge on any atom is -0.507 e. The van der Waals surface area contributed by atoms with Gasteiger partial charge in [0.2, 0.25) is 5.88 Å². The van der Waals surface area contributed by atoms with E-state index in [0.717, 1.165) is 5.69 Å². The number of carbonyl (C=O) groups is 1. The Balaban J connectivity index is 1.78. The van der Waals surface area contributed by atoms with E-state index < -0.39 is 22.7 Å². The molecule has 0 saturated heterocycles. The van der Waals surface area contributed by atoms with Gasteiger partial charge in [-0.15, -0.1) is 0 Å². The van der Waals surface area contributed by atoms with E-state index in [1.807, 2.05) is 60.7 Å². The van der Waals surface area contributed by atoms with Gasteiger partial charge >= 0.3 is 5.63 Å². The third-order valence-corrected chi connectivity index (χ3v) is 4.72. The molecule has 0 aliphatic rings. The molecule has 0 spiro atoms. The van der Waals surface area contributed by atoms with Crippen LogP contribution in [0.1, 0.15) is 27.4 Å². The lowest BCUT2D eigenvalue weighted by Gasteiger charge is -2.10. The van der Waals surface area contributed by atoms with Crippen LogP contribution in [0.2, 0.25) is 0 Å². The lowest BCUT2D eigenvalue weighted by molar-refractivity contribution is 0.104. The van der Waals surface area contributed by atoms with Crippen molar-refractivity contribution in [1.29, 1.82) is 0 Å². The molecule has 32 heavy (non-hydrogen) atoms. The Labute approximate surface area is 183 Å². The highest BCUT2D eigenvalue weighted by Crippen LogP contribution is 2.31. The Bertz CT molecular complexity index is 1350. The zero-order valence-corrected chi connectivity index (χ0v) is 17.5. The lowest BCUT2D eigenvalue weighted by atomic mass is 10.1. The van der Waals surface area contributed by atoms with Gasteiger partial charge in [0.05, 0.1) is 16.9 Å². The zero-order valence-electron chi connectivity index (χ0n) is 17.5. The fourth-order valence-corrected chi connectivity index (χ4v) is 3.22. The van der Waals surface area contributed by atoms with Crippen LogP contribution >= 0.6 is 0 Å². The summed E-state index contributed by atoms with van der Waals surface area (Å²) in [4.78, 5) is 24.7. The third-order valence-electron chi connectivity index (χ3n) is 4.72. The zero-order chi connectivity index (χ0) is 22.7. The first-order valence-electron chi connectivity index (χ1n) is 9.88. The molecule has 4 aromatic rings. The smallest absolute Gasteiger partial charge is 0.351 e. The summed E-state index contributed by atoms with van der Waals surface area (Å²) in [5.41, 5.74) is 0.635. The number of nitrogens with zero attached hydrogens (tertiary/aromatic N) is 2. The van der Waals surface area contributed by atoms with Crippen LogP contribution in [0.15, 0.2) is 82.0 Å². The quantitative estimate of drug-likeness (QED) is 0.349. The molecule has 0 saturated carbocycles. The minimum atomic E-state index is -0.894. The molecule has 7 heteroatoms. The Morgan fingerprint density at radius 1 is 1.06 bits per heavy atom. The second kappa shape index (κ2) is 8.77. The SMILES string of the molecule is Cc1cc(O)c(C(=O)/C=C/c2c(C)nn(-c3ccccc3)c2Oc2ccccc2)c(=O)o1. The van der Waals surface area contributed by atoms with Gasteiger partial charge in [0, 0.05) is 6.07 Å². The molecule has 7 nitrogen and oxygen atoms in total. The Morgan fingerprint density at radius 2 is 1.72 bits per heavy atom. The molecule has 0 unspecified atom stereocenters. The van der Waals surface area contributed by atoms with Gasteiger partial charge in [-0.2, -0.15) is 9.78 Å². The maximum absolute atomic E-state index is 12.7. The van der Waals surface area contributed by atoms with Gasteiger partial charge in [0.25, 0.3) is 0 Å².